The van der Waals surface area contributed by atoms with Crippen LogP contribution in [0.15, 0.2) is 72.8 Å². The van der Waals surface area contributed by atoms with Crippen LogP contribution in [0, 0.1) is 0 Å². The van der Waals surface area contributed by atoms with Crippen molar-refractivity contribution in [1.29, 1.82) is 0 Å². The molecule has 0 saturated carbocycles. The lowest BCUT2D eigenvalue weighted by Crippen LogP contribution is -2.12. The van der Waals surface area contributed by atoms with Gasteiger partial charge in [0, 0.05) is 14.2 Å². The van der Waals surface area contributed by atoms with Gasteiger partial charge in [-0.3, -0.25) is 0 Å². The van der Waals surface area contributed by atoms with Crippen LogP contribution in [-0.4, -0.2) is 52.6 Å². The molecule has 0 saturated heterocycles. The maximum atomic E-state index is 11.7. The molecule has 0 aliphatic heterocycles. The molecule has 0 bridgehead atoms. The van der Waals surface area contributed by atoms with Gasteiger partial charge in [0.15, 0.2) is 0 Å². The Balaban J connectivity index is 1.73. The molecule has 0 aliphatic carbocycles. The first-order chi connectivity index (χ1) is 16.4. The van der Waals surface area contributed by atoms with Crippen molar-refractivity contribution in [3.8, 4) is 11.1 Å². The zero-order valence-electron chi connectivity index (χ0n) is 20.1. The molecule has 182 valence electrons. The molecular formula is C28H34O6. The molecule has 0 aliphatic rings. The van der Waals surface area contributed by atoms with Crippen molar-refractivity contribution < 1.29 is 28.5 Å². The Morgan fingerprint density at radius 2 is 1.00 bits per heavy atom. The number of carbonyl (C=O) groups excluding carboxylic acids is 2. The Hall–Kier alpha value is -3.22. The first-order valence-electron chi connectivity index (χ1n) is 11.3. The third-order valence-corrected chi connectivity index (χ3v) is 5.14. The summed E-state index contributed by atoms with van der Waals surface area (Å²) >= 11 is 0. The fourth-order valence-electron chi connectivity index (χ4n) is 3.28. The van der Waals surface area contributed by atoms with Gasteiger partial charge in [-0.1, -0.05) is 61.7 Å². The molecule has 0 radical (unpaired) electrons. The normalized spacial score (nSPS) is 10.5. The molecule has 6 nitrogen and oxygen atoms in total. The van der Waals surface area contributed by atoms with Crippen molar-refractivity contribution in [2.75, 3.05) is 40.6 Å². The predicted molar refractivity (Wildman–Crippen MR) is 132 cm³/mol. The highest BCUT2D eigenvalue weighted by atomic mass is 16.5. The summed E-state index contributed by atoms with van der Waals surface area (Å²) in [5, 5.41) is 0. The number of hydrogen-bond donors (Lipinski definition) is 0. The van der Waals surface area contributed by atoms with Crippen LogP contribution in [0.4, 0.5) is 0 Å². The first-order valence-corrected chi connectivity index (χ1v) is 11.3. The number of methoxy groups -OCH3 is 2. The third-order valence-electron chi connectivity index (χ3n) is 5.14. The lowest BCUT2D eigenvalue weighted by atomic mass is 10.00. The van der Waals surface area contributed by atoms with E-state index in [1.54, 1.807) is 0 Å². The molecule has 0 aromatic heterocycles. The molecule has 6 heteroatoms. The van der Waals surface area contributed by atoms with E-state index in [4.69, 9.17) is 18.9 Å². The maximum Gasteiger partial charge on any atom is 0.335 e. The highest BCUT2D eigenvalue weighted by molar-refractivity contribution is 5.88. The minimum absolute atomic E-state index is 0.183. The summed E-state index contributed by atoms with van der Waals surface area (Å²) in [6.45, 7) is 8.35. The molecule has 2 rings (SSSR count). The minimum atomic E-state index is -0.408. The SMILES string of the molecule is C=C(COC)C(=O)OCCCc1ccc(-c2ccc(CCCOC(=O)C(=C)COC)cc2)cc1. The largest absolute Gasteiger partial charge is 0.462 e. The van der Waals surface area contributed by atoms with Gasteiger partial charge in [0.1, 0.15) is 0 Å². The summed E-state index contributed by atoms with van der Waals surface area (Å²) in [7, 11) is 3.03. The van der Waals surface area contributed by atoms with E-state index in [1.165, 1.54) is 25.3 Å². The molecule has 0 heterocycles. The quantitative estimate of drug-likeness (QED) is 0.215. The molecule has 34 heavy (non-hydrogen) atoms. The predicted octanol–water partition coefficient (Wildman–Crippen LogP) is 4.71. The number of carbonyl (C=O) groups is 2. The van der Waals surface area contributed by atoms with E-state index >= 15 is 0 Å². The van der Waals surface area contributed by atoms with Crippen LogP contribution in [0.1, 0.15) is 24.0 Å². The van der Waals surface area contributed by atoms with Gasteiger partial charge in [0.2, 0.25) is 0 Å². The van der Waals surface area contributed by atoms with Gasteiger partial charge in [0.05, 0.1) is 37.6 Å². The highest BCUT2D eigenvalue weighted by Gasteiger charge is 2.09. The van der Waals surface area contributed by atoms with Crippen molar-refractivity contribution in [3.63, 3.8) is 0 Å². The minimum Gasteiger partial charge on any atom is -0.462 e. The van der Waals surface area contributed by atoms with Gasteiger partial charge in [-0.05, 0) is 47.9 Å². The Labute approximate surface area is 202 Å². The van der Waals surface area contributed by atoms with Crippen LogP contribution in [0.25, 0.3) is 11.1 Å². The number of aryl methyl sites for hydroxylation is 2. The second kappa shape index (κ2) is 14.8. The lowest BCUT2D eigenvalue weighted by molar-refractivity contribution is -0.140. The Morgan fingerprint density at radius 3 is 1.32 bits per heavy atom. The summed E-state index contributed by atoms with van der Waals surface area (Å²) < 4.78 is 20.1. The molecule has 0 unspecified atom stereocenters. The van der Waals surface area contributed by atoms with Crippen molar-refractivity contribution in [1.82, 2.24) is 0 Å². The topological polar surface area (TPSA) is 71.1 Å². The smallest absolute Gasteiger partial charge is 0.335 e. The van der Waals surface area contributed by atoms with Gasteiger partial charge in [0.25, 0.3) is 0 Å². The lowest BCUT2D eigenvalue weighted by Gasteiger charge is -2.08. The zero-order valence-corrected chi connectivity index (χ0v) is 20.1. The van der Waals surface area contributed by atoms with Gasteiger partial charge >= 0.3 is 11.9 Å². The van der Waals surface area contributed by atoms with Gasteiger partial charge in [-0.2, -0.15) is 0 Å². The second-order valence-electron chi connectivity index (χ2n) is 7.95. The van der Waals surface area contributed by atoms with E-state index in [0.29, 0.717) is 24.4 Å². The van der Waals surface area contributed by atoms with Crippen LogP contribution in [0.5, 0.6) is 0 Å². The monoisotopic (exact) mass is 466 g/mol. The Morgan fingerprint density at radius 1 is 0.647 bits per heavy atom. The first kappa shape index (κ1) is 27.0. The Bertz CT molecular complexity index is 864. The van der Waals surface area contributed by atoms with Crippen molar-refractivity contribution in [2.24, 2.45) is 0 Å². The number of hydrogen-bond acceptors (Lipinski definition) is 6. The summed E-state index contributed by atoms with van der Waals surface area (Å²) in [5.74, 6) is -0.815. The van der Waals surface area contributed by atoms with Gasteiger partial charge in [-0.15, -0.1) is 0 Å². The molecule has 0 amide bonds. The highest BCUT2D eigenvalue weighted by Crippen LogP contribution is 2.21. The number of benzene rings is 2. The van der Waals surface area contributed by atoms with Crippen molar-refractivity contribution in [3.05, 3.63) is 84.0 Å². The van der Waals surface area contributed by atoms with Crippen LogP contribution >= 0.6 is 0 Å². The standard InChI is InChI=1S/C28H34O6/c1-21(19-31-3)27(29)33-17-5-7-23-9-13-25(14-10-23)26-15-11-24(12-16-26)8-6-18-34-28(30)22(2)20-32-4/h9-16H,1-2,5-8,17-20H2,3-4H3. The van der Waals surface area contributed by atoms with E-state index in [1.807, 2.05) is 0 Å². The van der Waals surface area contributed by atoms with E-state index in [9.17, 15) is 9.59 Å². The summed E-state index contributed by atoms with van der Waals surface area (Å²) in [6, 6.07) is 16.8. The molecule has 0 spiro atoms. The molecule has 0 N–H and O–H groups in total. The number of rotatable bonds is 15. The van der Waals surface area contributed by atoms with Gasteiger partial charge < -0.3 is 18.9 Å². The molecule has 2 aromatic rings. The molecule has 0 fully saturated rings. The van der Waals surface area contributed by atoms with E-state index in [0.717, 1.165) is 36.8 Å². The van der Waals surface area contributed by atoms with E-state index < -0.39 is 11.9 Å². The zero-order chi connectivity index (χ0) is 24.8. The third kappa shape index (κ3) is 9.33. The summed E-state index contributed by atoms with van der Waals surface area (Å²) in [5.41, 5.74) is 5.31. The van der Waals surface area contributed by atoms with Crippen LogP contribution in [0.2, 0.25) is 0 Å². The van der Waals surface area contributed by atoms with E-state index in [-0.39, 0.29) is 13.2 Å². The van der Waals surface area contributed by atoms with Crippen molar-refractivity contribution >= 4 is 11.9 Å². The fraction of sp³-hybridized carbons (Fsp3) is 0.357. The van der Waals surface area contributed by atoms with Crippen LogP contribution in [0.3, 0.4) is 0 Å². The summed E-state index contributed by atoms with van der Waals surface area (Å²) in [4.78, 5) is 23.4. The summed E-state index contributed by atoms with van der Waals surface area (Å²) in [6.07, 6.45) is 3.14. The second-order valence-corrected chi connectivity index (χ2v) is 7.95. The fourth-order valence-corrected chi connectivity index (χ4v) is 3.28. The molecule has 2 aromatic carbocycles. The molecule has 0 atom stereocenters. The average Bonchev–Trinajstić information content (AvgIpc) is 2.85. The van der Waals surface area contributed by atoms with E-state index in [2.05, 4.69) is 61.7 Å². The number of esters is 2. The molecular weight excluding hydrogens is 432 g/mol. The Kier molecular flexibility index (Phi) is 11.8. The van der Waals surface area contributed by atoms with Crippen molar-refractivity contribution in [2.45, 2.75) is 25.7 Å². The van der Waals surface area contributed by atoms with Crippen LogP contribution < -0.4 is 0 Å². The van der Waals surface area contributed by atoms with Crippen LogP contribution in [-0.2, 0) is 41.4 Å². The maximum absolute atomic E-state index is 11.7. The average molecular weight is 467 g/mol. The van der Waals surface area contributed by atoms with Gasteiger partial charge in [-0.25, -0.2) is 9.59 Å². The number of ether oxygens (including phenoxy) is 4.